The van der Waals surface area contributed by atoms with Crippen LogP contribution in [0.3, 0.4) is 0 Å². The summed E-state index contributed by atoms with van der Waals surface area (Å²) in [5, 5.41) is 13.0. The molecule has 0 aliphatic carbocycles. The molecule has 2 heterocycles. The molecule has 0 unspecified atom stereocenters. The summed E-state index contributed by atoms with van der Waals surface area (Å²) in [6.45, 7) is 0. The molecule has 0 aromatic carbocycles. The molecule has 0 bridgehead atoms. The number of pyridine rings is 1. The second-order valence-corrected chi connectivity index (χ2v) is 3.38. The smallest absolute Gasteiger partial charge is 0.261 e. The van der Waals surface area contributed by atoms with Crippen LogP contribution in [-0.4, -0.2) is 23.5 Å². The summed E-state index contributed by atoms with van der Waals surface area (Å²) >= 11 is 1.61. The Morgan fingerprint density at radius 3 is 2.73 bits per heavy atom. The van der Waals surface area contributed by atoms with Crippen LogP contribution in [0.15, 0.2) is 18.3 Å². The third kappa shape index (κ3) is 3.54. The Balaban J connectivity index is 0.000000980. The number of aromatic hydroxyl groups is 1. The van der Waals surface area contributed by atoms with Gasteiger partial charge in [-0.3, -0.25) is 4.79 Å². The number of halogens is 1. The molecule has 1 N–H and O–H groups in total. The minimum absolute atomic E-state index is 0. The van der Waals surface area contributed by atoms with Gasteiger partial charge in [-0.1, -0.05) is 0 Å². The van der Waals surface area contributed by atoms with Crippen LogP contribution in [0.5, 0.6) is 5.75 Å². The summed E-state index contributed by atoms with van der Waals surface area (Å²) in [5.74, 6) is 0.232. The van der Waals surface area contributed by atoms with E-state index in [4.69, 9.17) is 5.11 Å². The van der Waals surface area contributed by atoms with Crippen LogP contribution in [0.25, 0.3) is 5.65 Å². The van der Waals surface area contributed by atoms with Crippen molar-refractivity contribution in [2.45, 2.75) is 0 Å². The van der Waals surface area contributed by atoms with Gasteiger partial charge in [0.2, 0.25) is 5.82 Å². The van der Waals surface area contributed by atoms with Crippen molar-refractivity contribution in [1.29, 1.82) is 0 Å². The van der Waals surface area contributed by atoms with E-state index in [9.17, 15) is 4.79 Å². The Bertz CT molecular complexity index is 490. The first-order chi connectivity index (χ1) is 6.16. The van der Waals surface area contributed by atoms with Gasteiger partial charge in [0.1, 0.15) is 5.75 Å². The molecule has 0 saturated heterocycles. The number of rotatable bonds is 1. The van der Waals surface area contributed by atoms with Crippen LogP contribution in [0.1, 0.15) is 10.6 Å². The van der Waals surface area contributed by atoms with Crippen molar-refractivity contribution < 1.29 is 63.7 Å². The zero-order valence-electron chi connectivity index (χ0n) is 7.29. The van der Waals surface area contributed by atoms with Crippen LogP contribution < -0.4 is 0 Å². The monoisotopic (exact) mass is 562 g/mol. The third-order valence-corrected chi connectivity index (χ3v) is 1.97. The Kier molecular flexibility index (Phi) is 6.63. The van der Waals surface area contributed by atoms with Crippen LogP contribution in [-0.2, 0) is 53.8 Å². The van der Waals surface area contributed by atoms with Gasteiger partial charge in [0.25, 0.3) is 3.79 Å². The fourth-order valence-corrected chi connectivity index (χ4v) is 1.18. The fraction of sp³-hybridized carbons (Fsp3) is 0. The third-order valence-electron chi connectivity index (χ3n) is 1.49. The summed E-state index contributed by atoms with van der Waals surface area (Å²) < 4.78 is 1.14. The van der Waals surface area contributed by atoms with Gasteiger partial charge in [-0.05, 0) is 12.1 Å². The van der Waals surface area contributed by atoms with E-state index >= 15 is 0 Å². The van der Waals surface area contributed by atoms with Crippen molar-refractivity contribution in [1.82, 2.24) is 14.6 Å². The predicted molar refractivity (Wildman–Crippen MR) is 53.0 cm³/mol. The minimum Gasteiger partial charge on any atom is -0.506 e. The van der Waals surface area contributed by atoms with E-state index in [0.29, 0.717) is 5.65 Å². The van der Waals surface area contributed by atoms with Gasteiger partial charge in [-0.15, -0.1) is 5.10 Å². The Hall–Kier alpha value is 0.612. The van der Waals surface area contributed by atoms with E-state index < -0.39 is 0 Å². The molecule has 2 aromatic heterocycles. The van der Waals surface area contributed by atoms with E-state index in [1.165, 1.54) is 16.8 Å². The number of aromatic nitrogens is 3. The molecule has 15 heavy (non-hydrogen) atoms. The van der Waals surface area contributed by atoms with Crippen molar-refractivity contribution in [2.75, 3.05) is 0 Å². The average Bonchev–Trinajstić information content (AvgIpc) is 2.46. The maximum Gasteiger partial charge on any atom is 0.261 e. The molecule has 0 amide bonds. The first-order valence-corrected chi connectivity index (χ1v) is 4.50. The quantitative estimate of drug-likeness (QED) is 0.417. The average molecular weight is 562 g/mol. The number of carbonyl (C=O) groups is 1. The zero-order chi connectivity index (χ0) is 9.42. The molecular formula is C7H4IN3O2WY. The van der Waals surface area contributed by atoms with Crippen LogP contribution in [0, 0.1) is 0 Å². The van der Waals surface area contributed by atoms with Crippen LogP contribution in [0.4, 0.5) is 0 Å². The number of fused-ring (bicyclic) bond motifs is 1. The predicted octanol–water partition coefficient (Wildman–Crippen LogP) is 1.01. The summed E-state index contributed by atoms with van der Waals surface area (Å²) in [4.78, 5) is 14.8. The van der Waals surface area contributed by atoms with E-state index in [1.807, 2.05) is 0 Å². The fourth-order valence-electron chi connectivity index (χ4n) is 0.956. The molecule has 0 spiro atoms. The molecular weight excluding hydrogens is 558 g/mol. The van der Waals surface area contributed by atoms with E-state index in [2.05, 4.69) is 10.1 Å². The molecule has 0 fully saturated rings. The number of hydrogen-bond donors (Lipinski definition) is 1. The molecule has 0 aliphatic rings. The van der Waals surface area contributed by atoms with Gasteiger partial charge in [0, 0.05) is 76.4 Å². The Labute approximate surface area is 138 Å². The molecule has 2 rings (SSSR count). The summed E-state index contributed by atoms with van der Waals surface area (Å²) in [6.07, 6.45) is 1.39. The van der Waals surface area contributed by atoms with Gasteiger partial charge in [-0.25, -0.2) is 9.50 Å². The van der Waals surface area contributed by atoms with Gasteiger partial charge < -0.3 is 5.11 Å². The molecule has 8 heteroatoms. The van der Waals surface area contributed by atoms with Crippen molar-refractivity contribution in [2.24, 2.45) is 0 Å². The zero-order valence-corrected chi connectivity index (χ0v) is 15.2. The molecule has 0 atom stereocenters. The molecule has 2 aromatic rings. The first kappa shape index (κ1) is 15.6. The second-order valence-electron chi connectivity index (χ2n) is 2.40. The first-order valence-electron chi connectivity index (χ1n) is 3.42. The maximum atomic E-state index is 10.9. The second kappa shape index (κ2) is 6.37. The van der Waals surface area contributed by atoms with Crippen LogP contribution in [0.2, 0.25) is 0 Å². The number of nitrogens with zero attached hydrogens (tertiary/aromatic N) is 3. The molecule has 0 aliphatic heterocycles. The van der Waals surface area contributed by atoms with Gasteiger partial charge >= 0.3 is 0 Å². The van der Waals surface area contributed by atoms with Gasteiger partial charge in [-0.2, -0.15) is 0 Å². The van der Waals surface area contributed by atoms with E-state index in [-0.39, 0.29) is 69.1 Å². The molecule has 0 saturated carbocycles. The summed E-state index contributed by atoms with van der Waals surface area (Å²) in [7, 11) is 0. The number of carbonyl (C=O) groups excluding carboxylic acids is 1. The van der Waals surface area contributed by atoms with Gasteiger partial charge in [0.05, 0.1) is 6.20 Å². The largest absolute Gasteiger partial charge is 0.506 e. The molecule has 1 radical (unpaired) electrons. The van der Waals surface area contributed by atoms with Crippen molar-refractivity contribution in [3.63, 3.8) is 0 Å². The normalized spacial score (nSPS) is 9.13. The minimum atomic E-state index is -0.221. The molecule has 75 valence electrons. The topological polar surface area (TPSA) is 67.5 Å². The van der Waals surface area contributed by atoms with Gasteiger partial charge in [0.15, 0.2) is 5.65 Å². The van der Waals surface area contributed by atoms with Crippen LogP contribution >= 0.6 is 22.6 Å². The van der Waals surface area contributed by atoms with Crippen molar-refractivity contribution in [3.05, 3.63) is 24.2 Å². The standard InChI is InChI=1S/C7H4IN3O2.W.Y/c8-6(13)7-9-5-2-1-4(12)3-11(5)10-7;;/h1-3,12H;;. The van der Waals surface area contributed by atoms with E-state index in [0.717, 1.165) is 0 Å². The Morgan fingerprint density at radius 1 is 1.47 bits per heavy atom. The van der Waals surface area contributed by atoms with Crippen molar-refractivity contribution >= 4 is 32.0 Å². The number of hydrogen-bond acceptors (Lipinski definition) is 4. The summed E-state index contributed by atoms with van der Waals surface area (Å²) in [6, 6.07) is 3.08. The van der Waals surface area contributed by atoms with Crippen molar-refractivity contribution in [3.8, 4) is 5.75 Å². The SMILES string of the molecule is O=C(I)c1nc2ccc(O)cn2n1.[W].[Y]. The summed E-state index contributed by atoms with van der Waals surface area (Å²) in [5.41, 5.74) is 0.540. The van der Waals surface area contributed by atoms with E-state index in [1.54, 1.807) is 28.7 Å². The maximum absolute atomic E-state index is 10.9. The Morgan fingerprint density at radius 2 is 2.13 bits per heavy atom. The molecule has 5 nitrogen and oxygen atoms in total.